The summed E-state index contributed by atoms with van der Waals surface area (Å²) in [6.45, 7) is 2.63. The van der Waals surface area contributed by atoms with Crippen molar-refractivity contribution >= 4 is 5.97 Å². The molecule has 3 unspecified atom stereocenters. The molecule has 0 amide bonds. The zero-order chi connectivity index (χ0) is 23.9. The average Bonchev–Trinajstić information content (AvgIpc) is 3.25. The number of hydrogen-bond acceptors (Lipinski definition) is 5. The normalized spacial score (nSPS) is 22.2. The summed E-state index contributed by atoms with van der Waals surface area (Å²) in [5.41, 5.74) is 5.60. The molecule has 3 aliphatic rings. The molecule has 3 aromatic carbocycles. The van der Waals surface area contributed by atoms with Crippen LogP contribution >= 0.6 is 0 Å². The van der Waals surface area contributed by atoms with Crippen LogP contribution in [0.3, 0.4) is 0 Å². The molecule has 2 aliphatic carbocycles. The SMILES string of the molecule is COc1ccc2c(c1OC(=O)c1ccccc1)CC(C)C1CCc3cc4c(cc3C(C2)C1)OCO4. The molecule has 0 aromatic heterocycles. The molecule has 3 atom stereocenters. The van der Waals surface area contributed by atoms with Crippen molar-refractivity contribution in [1.82, 2.24) is 0 Å². The topological polar surface area (TPSA) is 54.0 Å². The Morgan fingerprint density at radius 2 is 1.77 bits per heavy atom. The lowest BCUT2D eigenvalue weighted by atomic mass is 9.74. The molecule has 0 saturated heterocycles. The van der Waals surface area contributed by atoms with E-state index in [0.29, 0.717) is 41.6 Å². The number of benzene rings is 3. The van der Waals surface area contributed by atoms with E-state index in [4.69, 9.17) is 18.9 Å². The third kappa shape index (κ3) is 4.03. The van der Waals surface area contributed by atoms with Crippen molar-refractivity contribution in [2.45, 2.75) is 44.9 Å². The minimum absolute atomic E-state index is 0.293. The van der Waals surface area contributed by atoms with Gasteiger partial charge in [-0.3, -0.25) is 0 Å². The van der Waals surface area contributed by atoms with Crippen LogP contribution in [0.25, 0.3) is 0 Å². The Labute approximate surface area is 206 Å². The summed E-state index contributed by atoms with van der Waals surface area (Å²) < 4.78 is 23.1. The van der Waals surface area contributed by atoms with Crippen molar-refractivity contribution in [3.8, 4) is 23.0 Å². The largest absolute Gasteiger partial charge is 0.493 e. The number of carbonyl (C=O) groups excluding carboxylic acids is 1. The highest BCUT2D eigenvalue weighted by Gasteiger charge is 2.34. The van der Waals surface area contributed by atoms with Gasteiger partial charge in [0.05, 0.1) is 12.7 Å². The lowest BCUT2D eigenvalue weighted by molar-refractivity contribution is 0.0727. The van der Waals surface area contributed by atoms with Gasteiger partial charge in [-0.1, -0.05) is 31.2 Å². The monoisotopic (exact) mass is 470 g/mol. The first-order valence-electron chi connectivity index (χ1n) is 12.5. The number of rotatable bonds is 3. The van der Waals surface area contributed by atoms with Gasteiger partial charge in [-0.15, -0.1) is 0 Å². The van der Waals surface area contributed by atoms with Crippen LogP contribution < -0.4 is 18.9 Å². The van der Waals surface area contributed by atoms with Gasteiger partial charge in [0.15, 0.2) is 23.0 Å². The molecule has 1 aliphatic heterocycles. The summed E-state index contributed by atoms with van der Waals surface area (Å²) in [7, 11) is 1.63. The zero-order valence-corrected chi connectivity index (χ0v) is 20.2. The Bertz CT molecular complexity index is 1270. The highest BCUT2D eigenvalue weighted by atomic mass is 16.7. The van der Waals surface area contributed by atoms with Crippen LogP contribution in [-0.2, 0) is 19.3 Å². The van der Waals surface area contributed by atoms with Gasteiger partial charge in [-0.25, -0.2) is 4.79 Å². The molecule has 180 valence electrons. The fraction of sp³-hybridized carbons (Fsp3) is 0.367. The maximum absolute atomic E-state index is 13.0. The van der Waals surface area contributed by atoms with E-state index in [1.807, 2.05) is 24.3 Å². The van der Waals surface area contributed by atoms with Crippen LogP contribution in [0.5, 0.6) is 23.0 Å². The molecule has 0 radical (unpaired) electrons. The summed E-state index contributed by atoms with van der Waals surface area (Å²) in [6.07, 6.45) is 5.10. The van der Waals surface area contributed by atoms with Crippen LogP contribution in [0, 0.1) is 11.8 Å². The molecule has 0 saturated carbocycles. The van der Waals surface area contributed by atoms with Crippen molar-refractivity contribution in [2.24, 2.45) is 11.8 Å². The average molecular weight is 471 g/mol. The summed E-state index contributed by atoms with van der Waals surface area (Å²) >= 11 is 0. The number of fused-ring (bicyclic) bond motifs is 6. The van der Waals surface area contributed by atoms with Crippen LogP contribution in [0.1, 0.15) is 58.3 Å². The standard InChI is InChI=1S/C30H30O5/c1-18-12-25-21(10-11-26(32-2)29(25)35-30(31)19-6-4-3-5-7-19)14-23-13-20(18)8-9-22-15-27-28(16-24(22)23)34-17-33-27/h3-7,10-11,15-16,18,20,23H,8-9,12-14,17H2,1-2H3. The predicted molar refractivity (Wildman–Crippen MR) is 133 cm³/mol. The number of ether oxygens (including phenoxy) is 4. The van der Waals surface area contributed by atoms with E-state index in [1.54, 1.807) is 19.2 Å². The second kappa shape index (κ2) is 8.95. The van der Waals surface area contributed by atoms with Crippen molar-refractivity contribution in [3.63, 3.8) is 0 Å². The molecule has 5 nitrogen and oxygen atoms in total. The summed E-state index contributed by atoms with van der Waals surface area (Å²) in [4.78, 5) is 13.0. The molecule has 3 aromatic rings. The van der Waals surface area contributed by atoms with E-state index >= 15 is 0 Å². The lowest BCUT2D eigenvalue weighted by Gasteiger charge is -2.31. The molecule has 35 heavy (non-hydrogen) atoms. The third-order valence-corrected chi connectivity index (χ3v) is 7.99. The number of esters is 1. The van der Waals surface area contributed by atoms with Gasteiger partial charge in [0.25, 0.3) is 0 Å². The number of methoxy groups -OCH3 is 1. The third-order valence-electron chi connectivity index (χ3n) is 7.99. The van der Waals surface area contributed by atoms with Crippen molar-refractivity contribution in [1.29, 1.82) is 0 Å². The van der Waals surface area contributed by atoms with Crippen LogP contribution in [0.2, 0.25) is 0 Å². The number of aryl methyl sites for hydroxylation is 1. The first kappa shape index (κ1) is 22.0. The summed E-state index contributed by atoms with van der Waals surface area (Å²) in [6, 6.07) is 17.6. The van der Waals surface area contributed by atoms with Gasteiger partial charge >= 0.3 is 5.97 Å². The molecule has 1 heterocycles. The molecule has 0 N–H and O–H groups in total. The molecule has 6 rings (SSSR count). The molecular formula is C30H30O5. The molecular weight excluding hydrogens is 440 g/mol. The first-order valence-corrected chi connectivity index (χ1v) is 12.5. The van der Waals surface area contributed by atoms with Crippen LogP contribution in [0.15, 0.2) is 54.6 Å². The fourth-order valence-corrected chi connectivity index (χ4v) is 6.07. The Morgan fingerprint density at radius 3 is 2.57 bits per heavy atom. The Kier molecular flexibility index (Phi) is 5.63. The van der Waals surface area contributed by atoms with E-state index in [0.717, 1.165) is 49.2 Å². The second-order valence-corrected chi connectivity index (χ2v) is 10.0. The molecule has 0 fully saturated rings. The highest BCUT2D eigenvalue weighted by molar-refractivity contribution is 5.91. The van der Waals surface area contributed by atoms with Crippen molar-refractivity contribution < 1.29 is 23.7 Å². The second-order valence-electron chi connectivity index (χ2n) is 10.0. The molecule has 2 bridgehead atoms. The zero-order valence-electron chi connectivity index (χ0n) is 20.2. The lowest BCUT2D eigenvalue weighted by Crippen LogP contribution is -2.22. The fourth-order valence-electron chi connectivity index (χ4n) is 6.07. The van der Waals surface area contributed by atoms with Gasteiger partial charge in [0.1, 0.15) is 0 Å². The number of carbonyl (C=O) groups is 1. The highest BCUT2D eigenvalue weighted by Crippen LogP contribution is 2.48. The van der Waals surface area contributed by atoms with E-state index in [-0.39, 0.29) is 5.97 Å². The van der Waals surface area contributed by atoms with Crippen molar-refractivity contribution in [3.05, 3.63) is 82.4 Å². The smallest absolute Gasteiger partial charge is 0.343 e. The quantitative estimate of drug-likeness (QED) is 0.341. The van der Waals surface area contributed by atoms with Gasteiger partial charge in [0, 0.05) is 5.56 Å². The van der Waals surface area contributed by atoms with Gasteiger partial charge in [0.2, 0.25) is 6.79 Å². The van der Waals surface area contributed by atoms with E-state index in [9.17, 15) is 4.79 Å². The molecule has 0 spiro atoms. The van der Waals surface area contributed by atoms with E-state index < -0.39 is 0 Å². The minimum Gasteiger partial charge on any atom is -0.493 e. The van der Waals surface area contributed by atoms with Crippen molar-refractivity contribution in [2.75, 3.05) is 13.9 Å². The van der Waals surface area contributed by atoms with Crippen LogP contribution in [-0.4, -0.2) is 19.9 Å². The van der Waals surface area contributed by atoms with E-state index in [2.05, 4.69) is 25.1 Å². The predicted octanol–water partition coefficient (Wildman–Crippen LogP) is 6.11. The number of hydrogen-bond donors (Lipinski definition) is 0. The summed E-state index contributed by atoms with van der Waals surface area (Å²) in [5.74, 6) is 3.94. The summed E-state index contributed by atoms with van der Waals surface area (Å²) in [5, 5.41) is 0. The Morgan fingerprint density at radius 1 is 0.971 bits per heavy atom. The maximum atomic E-state index is 13.0. The van der Waals surface area contributed by atoms with Gasteiger partial charge < -0.3 is 18.9 Å². The molecule has 5 heteroatoms. The minimum atomic E-state index is -0.359. The first-order chi connectivity index (χ1) is 17.1. The van der Waals surface area contributed by atoms with Crippen LogP contribution in [0.4, 0.5) is 0 Å². The maximum Gasteiger partial charge on any atom is 0.343 e. The van der Waals surface area contributed by atoms with E-state index in [1.165, 1.54) is 16.7 Å². The Balaban J connectivity index is 1.42. The van der Waals surface area contributed by atoms with Gasteiger partial charge in [-0.05, 0) is 96.9 Å². The Hall–Kier alpha value is -3.47. The van der Waals surface area contributed by atoms with Gasteiger partial charge in [-0.2, -0.15) is 0 Å².